The number of hydrogen-bond acceptors (Lipinski definition) is 9. The first-order chi connectivity index (χ1) is 13.7. The summed E-state index contributed by atoms with van der Waals surface area (Å²) >= 11 is 7.19. The maximum Gasteiger partial charge on any atom is 0.240 e. The fraction of sp³-hybridized carbons (Fsp3) is 0.250. The number of fused-ring (bicyclic) bond motifs is 1. The second kappa shape index (κ2) is 8.55. The lowest BCUT2D eigenvalue weighted by Crippen LogP contribution is -2.34. The van der Waals surface area contributed by atoms with Crippen LogP contribution in [0.3, 0.4) is 0 Å². The zero-order chi connectivity index (χ0) is 21.2. The third-order valence-corrected chi connectivity index (χ3v) is 6.63. The molecule has 0 unspecified atom stereocenters. The highest BCUT2D eigenvalue weighted by atomic mass is 35.5. The molecule has 3 rings (SSSR count). The maximum absolute atomic E-state index is 12.3. The molecule has 3 aromatic heterocycles. The summed E-state index contributed by atoms with van der Waals surface area (Å²) in [6, 6.07) is 4.83. The number of thiazole rings is 1. The molecule has 154 valence electrons. The zero-order valence-corrected chi connectivity index (χ0v) is 17.3. The van der Waals surface area contributed by atoms with Gasteiger partial charge in [0.15, 0.2) is 10.3 Å². The summed E-state index contributed by atoms with van der Waals surface area (Å²) in [6.07, 6.45) is 1.43. The van der Waals surface area contributed by atoms with Crippen molar-refractivity contribution in [2.45, 2.75) is 12.2 Å². The molecule has 1 amide bonds. The first-order valence-electron chi connectivity index (χ1n) is 8.18. The van der Waals surface area contributed by atoms with E-state index < -0.39 is 28.5 Å². The maximum atomic E-state index is 12.3. The van der Waals surface area contributed by atoms with Crippen LogP contribution in [0.25, 0.3) is 21.6 Å². The van der Waals surface area contributed by atoms with Crippen LogP contribution in [0, 0.1) is 0 Å². The van der Waals surface area contributed by atoms with Gasteiger partial charge in [0.2, 0.25) is 15.9 Å². The largest absolute Gasteiger partial charge is 0.395 e. The van der Waals surface area contributed by atoms with E-state index in [9.17, 15) is 13.2 Å². The van der Waals surface area contributed by atoms with Gasteiger partial charge in [-0.2, -0.15) is 0 Å². The number of aromatic nitrogens is 3. The molecule has 0 aliphatic rings. The standard InChI is InChI=1S/C16H16ClN5O5S2/c1-8(25)19-16-21-12-3-2-11(20-15(12)28-16)9-4-13(14(17)18-5-9)22-29(26,27)10(6-23)7-24/h2-5,10,22-24H,6-7H2,1H3,(H,19,21,25). The molecule has 0 bridgehead atoms. The molecule has 0 saturated carbocycles. The lowest BCUT2D eigenvalue weighted by Gasteiger charge is -2.15. The molecule has 3 aromatic rings. The summed E-state index contributed by atoms with van der Waals surface area (Å²) in [5.74, 6) is -0.243. The number of halogens is 1. The molecule has 10 nitrogen and oxygen atoms in total. The van der Waals surface area contributed by atoms with Crippen LogP contribution in [-0.2, 0) is 14.8 Å². The highest BCUT2D eigenvalue weighted by molar-refractivity contribution is 7.93. The van der Waals surface area contributed by atoms with E-state index >= 15 is 0 Å². The van der Waals surface area contributed by atoms with E-state index in [-0.39, 0.29) is 16.7 Å². The zero-order valence-electron chi connectivity index (χ0n) is 15.0. The summed E-state index contributed by atoms with van der Waals surface area (Å²) in [5.41, 5.74) is 1.55. The van der Waals surface area contributed by atoms with Crippen LogP contribution in [0.1, 0.15) is 6.92 Å². The predicted octanol–water partition coefficient (Wildman–Crippen LogP) is 1.46. The Morgan fingerprint density at radius 3 is 2.66 bits per heavy atom. The van der Waals surface area contributed by atoms with E-state index in [0.717, 1.165) is 0 Å². The molecule has 0 saturated heterocycles. The minimum atomic E-state index is -4.08. The SMILES string of the molecule is CC(=O)Nc1nc2ccc(-c3cnc(Cl)c(NS(=O)(=O)C(CO)CO)c3)nc2s1. The normalized spacial score (nSPS) is 11.8. The number of nitrogens with one attached hydrogen (secondary N) is 2. The van der Waals surface area contributed by atoms with Gasteiger partial charge in [0, 0.05) is 18.7 Å². The Morgan fingerprint density at radius 2 is 2.00 bits per heavy atom. The Balaban J connectivity index is 1.95. The van der Waals surface area contributed by atoms with Gasteiger partial charge in [-0.25, -0.2) is 23.4 Å². The van der Waals surface area contributed by atoms with Gasteiger partial charge in [0.25, 0.3) is 0 Å². The lowest BCUT2D eigenvalue weighted by atomic mass is 10.2. The van der Waals surface area contributed by atoms with Crippen LogP contribution in [0.5, 0.6) is 0 Å². The Labute approximate surface area is 174 Å². The van der Waals surface area contributed by atoms with E-state index in [1.165, 1.54) is 30.5 Å². The van der Waals surface area contributed by atoms with Crippen molar-refractivity contribution in [1.29, 1.82) is 0 Å². The van der Waals surface area contributed by atoms with Gasteiger partial charge in [0.1, 0.15) is 15.6 Å². The predicted molar refractivity (Wildman–Crippen MR) is 110 cm³/mol. The highest BCUT2D eigenvalue weighted by Crippen LogP contribution is 2.30. The van der Waals surface area contributed by atoms with E-state index in [1.807, 2.05) is 0 Å². The van der Waals surface area contributed by atoms with Crippen molar-refractivity contribution in [3.63, 3.8) is 0 Å². The second-order valence-electron chi connectivity index (χ2n) is 5.92. The van der Waals surface area contributed by atoms with Gasteiger partial charge >= 0.3 is 0 Å². The lowest BCUT2D eigenvalue weighted by molar-refractivity contribution is -0.114. The molecular formula is C16H16ClN5O5S2. The molecule has 0 aromatic carbocycles. The number of hydrogen-bond donors (Lipinski definition) is 4. The van der Waals surface area contributed by atoms with Crippen molar-refractivity contribution >= 4 is 60.0 Å². The van der Waals surface area contributed by atoms with Crippen molar-refractivity contribution in [2.24, 2.45) is 0 Å². The molecule has 13 heteroatoms. The Bertz CT molecular complexity index is 1160. The Hall–Kier alpha value is -2.38. The van der Waals surface area contributed by atoms with Crippen LogP contribution >= 0.6 is 22.9 Å². The molecule has 0 radical (unpaired) electrons. The van der Waals surface area contributed by atoms with Crippen LogP contribution in [0.15, 0.2) is 24.4 Å². The molecule has 0 fully saturated rings. The van der Waals surface area contributed by atoms with Crippen molar-refractivity contribution < 1.29 is 23.4 Å². The van der Waals surface area contributed by atoms with Gasteiger partial charge in [-0.15, -0.1) is 0 Å². The average molecular weight is 458 g/mol. The molecule has 0 aliphatic carbocycles. The first kappa shape index (κ1) is 21.3. The van der Waals surface area contributed by atoms with Crippen molar-refractivity contribution in [3.8, 4) is 11.3 Å². The van der Waals surface area contributed by atoms with Crippen molar-refractivity contribution in [3.05, 3.63) is 29.5 Å². The number of anilines is 2. The van der Waals surface area contributed by atoms with E-state index in [0.29, 0.717) is 26.7 Å². The molecule has 3 heterocycles. The van der Waals surface area contributed by atoms with Gasteiger partial charge in [-0.05, 0) is 18.2 Å². The van der Waals surface area contributed by atoms with Gasteiger partial charge in [-0.1, -0.05) is 22.9 Å². The third kappa shape index (κ3) is 4.79. The van der Waals surface area contributed by atoms with Gasteiger partial charge in [0.05, 0.1) is 24.6 Å². The number of pyridine rings is 2. The van der Waals surface area contributed by atoms with Gasteiger partial charge in [-0.3, -0.25) is 9.52 Å². The molecule has 4 N–H and O–H groups in total. The minimum Gasteiger partial charge on any atom is -0.395 e. The average Bonchev–Trinajstić information content (AvgIpc) is 3.04. The number of aliphatic hydroxyl groups is 2. The molecule has 29 heavy (non-hydrogen) atoms. The molecule has 0 spiro atoms. The highest BCUT2D eigenvalue weighted by Gasteiger charge is 2.25. The molecule has 0 aliphatic heterocycles. The van der Waals surface area contributed by atoms with E-state index in [1.54, 1.807) is 12.1 Å². The second-order valence-corrected chi connectivity index (χ2v) is 9.21. The number of amides is 1. The number of sulfonamides is 1. The Morgan fingerprint density at radius 1 is 1.28 bits per heavy atom. The summed E-state index contributed by atoms with van der Waals surface area (Å²) < 4.78 is 26.7. The Kier molecular flexibility index (Phi) is 6.29. The molecule has 0 atom stereocenters. The van der Waals surface area contributed by atoms with Crippen molar-refractivity contribution in [2.75, 3.05) is 23.3 Å². The summed E-state index contributed by atoms with van der Waals surface area (Å²) in [5, 5.41) is 19.8. The fourth-order valence-corrected chi connectivity index (χ4v) is 4.44. The monoisotopic (exact) mass is 457 g/mol. The molecular weight excluding hydrogens is 442 g/mol. The number of carbonyl (C=O) groups is 1. The first-order valence-corrected chi connectivity index (χ1v) is 10.9. The fourth-order valence-electron chi connectivity index (χ4n) is 2.33. The summed E-state index contributed by atoms with van der Waals surface area (Å²) in [4.78, 5) is 24.5. The van der Waals surface area contributed by atoms with E-state index in [2.05, 4.69) is 25.0 Å². The number of rotatable bonds is 7. The number of aliphatic hydroxyl groups excluding tert-OH is 2. The van der Waals surface area contributed by atoms with Gasteiger partial charge < -0.3 is 15.5 Å². The topological polar surface area (TPSA) is 154 Å². The van der Waals surface area contributed by atoms with Crippen LogP contribution in [0.2, 0.25) is 5.15 Å². The smallest absolute Gasteiger partial charge is 0.240 e. The quantitative estimate of drug-likeness (QED) is 0.389. The van der Waals surface area contributed by atoms with Crippen molar-refractivity contribution in [1.82, 2.24) is 15.0 Å². The van der Waals surface area contributed by atoms with Crippen LogP contribution in [0.4, 0.5) is 10.8 Å². The van der Waals surface area contributed by atoms with Crippen LogP contribution < -0.4 is 10.0 Å². The van der Waals surface area contributed by atoms with Crippen LogP contribution in [-0.4, -0.2) is 58.0 Å². The summed E-state index contributed by atoms with van der Waals surface area (Å²) in [6.45, 7) is -0.126. The number of carbonyl (C=O) groups excluding carboxylic acids is 1. The summed E-state index contributed by atoms with van der Waals surface area (Å²) in [7, 11) is -4.08. The minimum absolute atomic E-state index is 0.0128. The third-order valence-electron chi connectivity index (χ3n) is 3.77. The number of nitrogens with zero attached hydrogens (tertiary/aromatic N) is 3. The van der Waals surface area contributed by atoms with E-state index in [4.69, 9.17) is 21.8 Å².